The zero-order valence-electron chi connectivity index (χ0n) is 22.1. The minimum absolute atomic E-state index is 0.0492. The monoisotopic (exact) mass is 584 g/mol. The molecule has 1 aromatic heterocycles. The Bertz CT molecular complexity index is 1370. The molecule has 16 nitrogen and oxygen atoms in total. The van der Waals surface area contributed by atoms with Crippen LogP contribution in [0.3, 0.4) is 0 Å². The Morgan fingerprint density at radius 3 is 1.95 bits per heavy atom. The lowest BCUT2D eigenvalue weighted by molar-refractivity contribution is -0.238. The molecule has 0 spiro atoms. The van der Waals surface area contributed by atoms with Crippen molar-refractivity contribution in [2.45, 2.75) is 62.7 Å². The first-order chi connectivity index (χ1) is 18.8. The van der Waals surface area contributed by atoms with E-state index in [1.54, 1.807) is 24.3 Å². The highest BCUT2D eigenvalue weighted by molar-refractivity contribution is 7.91. The van der Waals surface area contributed by atoms with Gasteiger partial charge >= 0.3 is 23.9 Å². The molecule has 1 aliphatic rings. The number of hydrogen-bond acceptors (Lipinski definition) is 15. The summed E-state index contributed by atoms with van der Waals surface area (Å²) in [4.78, 5) is 47.4. The predicted octanol–water partition coefficient (Wildman–Crippen LogP) is -0.476. The minimum Gasteiger partial charge on any atom is -0.497 e. The highest BCUT2D eigenvalue weighted by atomic mass is 32.2. The summed E-state index contributed by atoms with van der Waals surface area (Å²) in [6.07, 6.45) is -6.60. The normalized spacial score (nSPS) is 22.6. The van der Waals surface area contributed by atoms with Crippen molar-refractivity contribution >= 4 is 33.7 Å². The Morgan fingerprint density at radius 2 is 1.43 bits per heavy atom. The van der Waals surface area contributed by atoms with Crippen LogP contribution in [0.5, 0.6) is 5.75 Å². The first kappa shape index (κ1) is 30.3. The Kier molecular flexibility index (Phi) is 9.31. The van der Waals surface area contributed by atoms with Crippen molar-refractivity contribution in [3.63, 3.8) is 0 Å². The first-order valence-corrected chi connectivity index (χ1v) is 13.2. The Balaban J connectivity index is 2.12. The molecule has 5 atom stereocenters. The Morgan fingerprint density at radius 1 is 0.875 bits per heavy atom. The molecule has 0 unspecified atom stereocenters. The van der Waals surface area contributed by atoms with Crippen molar-refractivity contribution in [2.75, 3.05) is 19.6 Å². The second-order valence-electron chi connectivity index (χ2n) is 8.52. The van der Waals surface area contributed by atoms with Crippen molar-refractivity contribution in [3.8, 4) is 17.1 Å². The number of ether oxygens (including phenoxy) is 6. The van der Waals surface area contributed by atoms with E-state index in [2.05, 4.69) is 10.2 Å². The third kappa shape index (κ3) is 6.66. The van der Waals surface area contributed by atoms with E-state index in [0.29, 0.717) is 16.0 Å². The highest BCUT2D eigenvalue weighted by Crippen LogP contribution is 2.34. The van der Waals surface area contributed by atoms with Gasteiger partial charge in [0.1, 0.15) is 18.5 Å². The van der Waals surface area contributed by atoms with Crippen LogP contribution >= 0.6 is 0 Å². The van der Waals surface area contributed by atoms with Crippen LogP contribution in [0.15, 0.2) is 29.4 Å². The molecule has 1 fully saturated rings. The van der Waals surface area contributed by atoms with Crippen LogP contribution in [-0.4, -0.2) is 90.7 Å². The zero-order valence-corrected chi connectivity index (χ0v) is 22.9. The molecule has 0 amide bonds. The lowest BCUT2D eigenvalue weighted by Crippen LogP contribution is -2.64. The van der Waals surface area contributed by atoms with E-state index in [1.165, 1.54) is 7.11 Å². The molecule has 1 saturated heterocycles. The number of hydrogen-bond donors (Lipinski definition) is 1. The maximum Gasteiger partial charge on any atom is 0.303 e. The summed E-state index contributed by atoms with van der Waals surface area (Å²) < 4.78 is 60.0. The van der Waals surface area contributed by atoms with Gasteiger partial charge in [-0.15, -0.1) is 10.2 Å². The largest absolute Gasteiger partial charge is 0.497 e. The van der Waals surface area contributed by atoms with Crippen LogP contribution in [0.4, 0.5) is 0 Å². The maximum absolute atomic E-state index is 13.9. The predicted molar refractivity (Wildman–Crippen MR) is 131 cm³/mol. The van der Waals surface area contributed by atoms with Gasteiger partial charge in [-0.05, 0) is 24.3 Å². The Labute approximate surface area is 228 Å². The fourth-order valence-corrected chi connectivity index (χ4v) is 5.53. The van der Waals surface area contributed by atoms with E-state index in [0.717, 1.165) is 27.7 Å². The first-order valence-electron chi connectivity index (χ1n) is 11.7. The van der Waals surface area contributed by atoms with E-state index in [9.17, 15) is 27.6 Å². The molecule has 1 aliphatic heterocycles. The third-order valence-electron chi connectivity index (χ3n) is 5.52. The lowest BCUT2D eigenvalue weighted by Gasteiger charge is -2.43. The van der Waals surface area contributed by atoms with Gasteiger partial charge in [0.2, 0.25) is 15.3 Å². The molecule has 1 aromatic carbocycles. The molecule has 218 valence electrons. The molecule has 2 aromatic rings. The number of rotatable bonds is 9. The maximum atomic E-state index is 13.9. The number of sulfone groups is 1. The Hall–Kier alpha value is -4.25. The van der Waals surface area contributed by atoms with Crippen LogP contribution in [0.25, 0.3) is 11.4 Å². The number of methoxy groups -OCH3 is 1. The van der Waals surface area contributed by atoms with Crippen LogP contribution in [0.2, 0.25) is 0 Å². The molecular weight excluding hydrogens is 556 g/mol. The lowest BCUT2D eigenvalue weighted by atomic mass is 9.99. The average Bonchev–Trinajstić information content (AvgIpc) is 3.26. The van der Waals surface area contributed by atoms with Gasteiger partial charge in [0.05, 0.1) is 7.11 Å². The number of nitrogens with two attached hydrogens (primary N) is 1. The molecule has 3 rings (SSSR count). The zero-order chi connectivity index (χ0) is 29.8. The molecule has 17 heteroatoms. The number of benzene rings is 1. The average molecular weight is 585 g/mol. The smallest absolute Gasteiger partial charge is 0.303 e. The summed E-state index contributed by atoms with van der Waals surface area (Å²) in [6.45, 7) is 3.49. The van der Waals surface area contributed by atoms with Gasteiger partial charge in [-0.2, -0.15) is 0 Å². The number of nitrogen functional groups attached to an aromatic ring is 1. The van der Waals surface area contributed by atoms with Gasteiger partial charge in [0.15, 0.2) is 24.1 Å². The van der Waals surface area contributed by atoms with Crippen LogP contribution < -0.4 is 10.6 Å². The second kappa shape index (κ2) is 12.3. The molecule has 0 aliphatic carbocycles. The molecular formula is C23H28N4O12S. The van der Waals surface area contributed by atoms with Crippen molar-refractivity contribution < 1.29 is 56.0 Å². The van der Waals surface area contributed by atoms with E-state index >= 15 is 0 Å². The molecule has 0 radical (unpaired) electrons. The minimum atomic E-state index is -4.81. The summed E-state index contributed by atoms with van der Waals surface area (Å²) in [7, 11) is -3.34. The van der Waals surface area contributed by atoms with E-state index in [1.807, 2.05) is 0 Å². The van der Waals surface area contributed by atoms with Gasteiger partial charge in [-0.25, -0.2) is 13.1 Å². The van der Waals surface area contributed by atoms with Crippen molar-refractivity contribution in [3.05, 3.63) is 24.3 Å². The van der Waals surface area contributed by atoms with E-state index in [-0.39, 0.29) is 5.82 Å². The van der Waals surface area contributed by atoms with Gasteiger partial charge in [0.25, 0.3) is 5.16 Å². The highest BCUT2D eigenvalue weighted by Gasteiger charge is 2.57. The quantitative estimate of drug-likeness (QED) is 0.224. The molecule has 40 heavy (non-hydrogen) atoms. The van der Waals surface area contributed by atoms with Crippen molar-refractivity contribution in [1.82, 2.24) is 14.9 Å². The van der Waals surface area contributed by atoms with E-state index < -0.39 is 75.3 Å². The molecule has 2 N–H and O–H groups in total. The van der Waals surface area contributed by atoms with Crippen LogP contribution in [0.1, 0.15) is 27.7 Å². The topological polar surface area (TPSA) is 215 Å². The third-order valence-corrected chi connectivity index (χ3v) is 7.30. The summed E-state index contributed by atoms with van der Waals surface area (Å²) >= 11 is 0. The summed E-state index contributed by atoms with van der Waals surface area (Å²) in [5.41, 5.74) is -1.73. The number of esters is 4. The number of carbonyl (C=O) groups is 4. The molecule has 0 saturated carbocycles. The SMILES string of the molecule is COc1ccc(-c2nnc(S(=O)(=O)[C@@H]3O[C@H](COC(C)=O)[C@@H](OC(C)=O)[C@H](OC(C)=O)[C@H]3OC(C)=O)n2N)cc1. The van der Waals surface area contributed by atoms with Gasteiger partial charge in [0, 0.05) is 33.3 Å². The van der Waals surface area contributed by atoms with E-state index in [4.69, 9.17) is 34.3 Å². The molecule has 0 bridgehead atoms. The van der Waals surface area contributed by atoms with Gasteiger partial charge in [-0.1, -0.05) is 0 Å². The van der Waals surface area contributed by atoms with Crippen molar-refractivity contribution in [1.29, 1.82) is 0 Å². The van der Waals surface area contributed by atoms with Crippen molar-refractivity contribution in [2.24, 2.45) is 0 Å². The standard InChI is InChI=1S/C23H28N4O12S/c1-11(28)35-10-17-18(36-12(2)29)19(37-13(3)30)20(38-14(4)31)22(39-17)40(32,33)23-26-25-21(27(23)24)15-6-8-16(34-5)9-7-15/h6-9,17-20,22H,10,24H2,1-5H3/t17-,18-,19+,20-,22+/m1/s1. The summed E-state index contributed by atoms with van der Waals surface area (Å²) in [6, 6.07) is 6.32. The fourth-order valence-electron chi connectivity index (χ4n) is 3.95. The van der Waals surface area contributed by atoms with Gasteiger partial charge < -0.3 is 34.3 Å². The van der Waals surface area contributed by atoms with Crippen LogP contribution in [0, 0.1) is 0 Å². The second-order valence-corrected chi connectivity index (χ2v) is 10.4. The fraction of sp³-hybridized carbons (Fsp3) is 0.478. The molecule has 2 heterocycles. The summed E-state index contributed by atoms with van der Waals surface area (Å²) in [5.74, 6) is 3.03. The van der Waals surface area contributed by atoms with Gasteiger partial charge in [-0.3, -0.25) is 19.2 Å². The number of aromatic nitrogens is 3. The summed E-state index contributed by atoms with van der Waals surface area (Å²) in [5, 5.41) is 6.79. The number of nitrogens with zero attached hydrogens (tertiary/aromatic N) is 3. The number of carbonyl (C=O) groups excluding carboxylic acids is 4. The van der Waals surface area contributed by atoms with Crippen LogP contribution in [-0.2, 0) is 52.7 Å².